The van der Waals surface area contributed by atoms with Gasteiger partial charge in [-0.1, -0.05) is 363 Å². The maximum atomic E-state index is 12.9. The molecule has 0 bridgehead atoms. The predicted molar refractivity (Wildman–Crippen MR) is 362 cm³/mol. The number of allylic oxidation sites excluding steroid dienone is 14. The first kappa shape index (κ1) is 79.6. The Morgan fingerprint density at radius 3 is 0.723 bits per heavy atom. The molecule has 0 fully saturated rings. The molecule has 0 aliphatic heterocycles. The van der Waals surface area contributed by atoms with E-state index in [2.05, 4.69) is 106 Å². The Hall–Kier alpha value is -3.41. The third-order valence-corrected chi connectivity index (χ3v) is 15.9. The minimum absolute atomic E-state index is 0.0958. The molecule has 6 heteroatoms. The summed E-state index contributed by atoms with van der Waals surface area (Å²) in [6.45, 7) is 6.51. The van der Waals surface area contributed by atoms with Gasteiger partial charge in [-0.25, -0.2) is 0 Å². The molecule has 0 saturated carbocycles. The van der Waals surface area contributed by atoms with Crippen molar-refractivity contribution in [3.8, 4) is 0 Å². The molecular weight excluding hydrogens is 1020 g/mol. The van der Waals surface area contributed by atoms with Crippen molar-refractivity contribution in [3.05, 3.63) is 85.1 Å². The highest BCUT2D eigenvalue weighted by molar-refractivity contribution is 5.71. The lowest BCUT2D eigenvalue weighted by atomic mass is 10.0. The number of carbonyl (C=O) groups excluding carboxylic acids is 3. The average molecular weight is 1160 g/mol. The van der Waals surface area contributed by atoms with E-state index >= 15 is 0 Å². The summed E-state index contributed by atoms with van der Waals surface area (Å²) in [5.41, 5.74) is 0. The van der Waals surface area contributed by atoms with Crippen LogP contribution >= 0.6 is 0 Å². The van der Waals surface area contributed by atoms with Gasteiger partial charge < -0.3 is 14.2 Å². The summed E-state index contributed by atoms with van der Waals surface area (Å²) in [6.07, 6.45) is 95.2. The van der Waals surface area contributed by atoms with Crippen LogP contribution < -0.4 is 0 Å². The number of unbranched alkanes of at least 4 members (excludes halogenated alkanes) is 41. The molecule has 0 N–H and O–H groups in total. The lowest BCUT2D eigenvalue weighted by Crippen LogP contribution is -2.30. The fourth-order valence-electron chi connectivity index (χ4n) is 10.6. The normalized spacial score (nSPS) is 12.6. The van der Waals surface area contributed by atoms with Gasteiger partial charge in [0.25, 0.3) is 0 Å². The Kier molecular flexibility index (Phi) is 68.2. The van der Waals surface area contributed by atoms with E-state index < -0.39 is 6.10 Å². The molecular formula is C77H136O6. The van der Waals surface area contributed by atoms with Crippen LogP contribution in [0.15, 0.2) is 85.1 Å². The molecule has 0 aromatic rings. The minimum atomic E-state index is -0.805. The molecule has 0 aromatic carbocycles. The summed E-state index contributed by atoms with van der Waals surface area (Å²) >= 11 is 0. The van der Waals surface area contributed by atoms with Crippen molar-refractivity contribution >= 4 is 17.9 Å². The smallest absolute Gasteiger partial charge is 0.306 e. The molecule has 0 aromatic heterocycles. The van der Waals surface area contributed by atoms with Gasteiger partial charge in [-0.05, 0) is 70.6 Å². The van der Waals surface area contributed by atoms with Crippen LogP contribution in [-0.2, 0) is 28.6 Å². The standard InChI is InChI=1S/C77H136O6/c1-4-7-10-13-16-19-21-23-25-27-29-31-33-34-35-36-37-38-39-40-41-42-44-45-47-49-51-53-55-58-61-64-67-70-76(79)82-73-74(72-81-75(78)69-66-63-60-57-18-15-12-9-6-3)83-77(80)71-68-65-62-59-56-54-52-50-48-46-43-32-30-28-26-24-22-20-17-14-11-8-5-2/h8,11,17,20,24,26,30,32,46,48,52,54,59,62,74H,4-7,9-10,12-16,18-19,21-23,25,27-29,31,33-45,47,49-51,53,55-58,60-61,63-73H2,1-3H3/b11-8-,20-17-,26-24-,32-30-,48-46-,54-52-,62-59-. The van der Waals surface area contributed by atoms with Crippen molar-refractivity contribution in [1.82, 2.24) is 0 Å². The van der Waals surface area contributed by atoms with Crippen molar-refractivity contribution in [2.75, 3.05) is 13.2 Å². The fourth-order valence-corrected chi connectivity index (χ4v) is 10.6. The second-order valence-electron chi connectivity index (χ2n) is 24.1. The molecule has 0 spiro atoms. The van der Waals surface area contributed by atoms with Gasteiger partial charge in [0, 0.05) is 19.3 Å². The van der Waals surface area contributed by atoms with E-state index in [1.165, 1.54) is 231 Å². The molecule has 1 atom stereocenters. The maximum Gasteiger partial charge on any atom is 0.306 e. The summed E-state index contributed by atoms with van der Waals surface area (Å²) in [7, 11) is 0. The van der Waals surface area contributed by atoms with Crippen LogP contribution in [0.3, 0.4) is 0 Å². The molecule has 0 rings (SSSR count). The van der Waals surface area contributed by atoms with Gasteiger partial charge in [-0.3, -0.25) is 14.4 Å². The van der Waals surface area contributed by atoms with E-state index in [9.17, 15) is 14.4 Å². The van der Waals surface area contributed by atoms with E-state index in [1.807, 2.05) is 0 Å². The predicted octanol–water partition coefficient (Wildman–Crippen LogP) is 25.0. The summed E-state index contributed by atoms with van der Waals surface area (Å²) in [4.78, 5) is 38.2. The maximum absolute atomic E-state index is 12.9. The van der Waals surface area contributed by atoms with Gasteiger partial charge in [0.05, 0.1) is 0 Å². The highest BCUT2D eigenvalue weighted by Gasteiger charge is 2.19. The van der Waals surface area contributed by atoms with Gasteiger partial charge in [-0.15, -0.1) is 0 Å². The zero-order chi connectivity index (χ0) is 59.9. The molecule has 6 nitrogen and oxygen atoms in total. The largest absolute Gasteiger partial charge is 0.462 e. The lowest BCUT2D eigenvalue weighted by molar-refractivity contribution is -0.167. The van der Waals surface area contributed by atoms with Crippen LogP contribution in [0.2, 0.25) is 0 Å². The fraction of sp³-hybridized carbons (Fsp3) is 0.779. The van der Waals surface area contributed by atoms with Gasteiger partial charge in [0.1, 0.15) is 13.2 Å². The Balaban J connectivity index is 4.13. The van der Waals surface area contributed by atoms with Gasteiger partial charge in [-0.2, -0.15) is 0 Å². The second kappa shape index (κ2) is 71.1. The number of hydrogen-bond donors (Lipinski definition) is 0. The van der Waals surface area contributed by atoms with Crippen LogP contribution in [0.4, 0.5) is 0 Å². The van der Waals surface area contributed by atoms with Crippen LogP contribution in [0.1, 0.15) is 367 Å². The van der Waals surface area contributed by atoms with E-state index in [-0.39, 0.29) is 37.5 Å². The van der Waals surface area contributed by atoms with Crippen LogP contribution in [-0.4, -0.2) is 37.2 Å². The van der Waals surface area contributed by atoms with Crippen molar-refractivity contribution in [3.63, 3.8) is 0 Å². The van der Waals surface area contributed by atoms with E-state index in [1.54, 1.807) is 0 Å². The highest BCUT2D eigenvalue weighted by Crippen LogP contribution is 2.18. The number of hydrogen-bond acceptors (Lipinski definition) is 6. The average Bonchev–Trinajstić information content (AvgIpc) is 3.49. The number of rotatable bonds is 66. The van der Waals surface area contributed by atoms with Crippen molar-refractivity contribution in [2.24, 2.45) is 0 Å². The topological polar surface area (TPSA) is 78.9 Å². The molecule has 0 heterocycles. The molecule has 0 amide bonds. The first-order valence-electron chi connectivity index (χ1n) is 36.1. The molecule has 0 aliphatic carbocycles. The highest BCUT2D eigenvalue weighted by atomic mass is 16.6. The number of ether oxygens (including phenoxy) is 3. The van der Waals surface area contributed by atoms with E-state index in [0.29, 0.717) is 19.3 Å². The van der Waals surface area contributed by atoms with Gasteiger partial charge >= 0.3 is 17.9 Å². The van der Waals surface area contributed by atoms with Gasteiger partial charge in [0.15, 0.2) is 6.10 Å². The lowest BCUT2D eigenvalue weighted by Gasteiger charge is -2.18. The Bertz CT molecular complexity index is 1570. The molecule has 0 radical (unpaired) electrons. The minimum Gasteiger partial charge on any atom is -0.462 e. The second-order valence-corrected chi connectivity index (χ2v) is 24.1. The summed E-state index contributed by atoms with van der Waals surface area (Å²) < 4.78 is 16.9. The first-order valence-corrected chi connectivity index (χ1v) is 36.1. The zero-order valence-corrected chi connectivity index (χ0v) is 55.2. The summed E-state index contributed by atoms with van der Waals surface area (Å²) in [5.74, 6) is -0.943. The zero-order valence-electron chi connectivity index (χ0n) is 55.2. The van der Waals surface area contributed by atoms with Crippen LogP contribution in [0, 0.1) is 0 Å². The summed E-state index contributed by atoms with van der Waals surface area (Å²) in [5, 5.41) is 0. The summed E-state index contributed by atoms with van der Waals surface area (Å²) in [6, 6.07) is 0. The van der Waals surface area contributed by atoms with Crippen molar-refractivity contribution in [1.29, 1.82) is 0 Å². The third-order valence-electron chi connectivity index (χ3n) is 15.9. The SMILES string of the molecule is CC/C=C\C/C=C\C/C=C\C/C=C\C/C=C\C/C=C\C/C=C\CCCC(=O)OC(COC(=O)CCCCCCCCCCC)COC(=O)CCCCCCCCCCCCCCCCCCCCCCCCCCCCCCCCCCC. The quantitative estimate of drug-likeness (QED) is 0.0261. The third kappa shape index (κ3) is 69.3. The van der Waals surface area contributed by atoms with E-state index in [4.69, 9.17) is 14.2 Å². The van der Waals surface area contributed by atoms with Crippen molar-refractivity contribution in [2.45, 2.75) is 374 Å². The Labute approximate surface area is 515 Å². The van der Waals surface area contributed by atoms with Crippen LogP contribution in [0.25, 0.3) is 0 Å². The molecule has 1 unspecified atom stereocenters. The van der Waals surface area contributed by atoms with Crippen LogP contribution in [0.5, 0.6) is 0 Å². The molecule has 0 saturated heterocycles. The Morgan fingerprint density at radius 1 is 0.253 bits per heavy atom. The monoisotopic (exact) mass is 1160 g/mol. The Morgan fingerprint density at radius 2 is 0.470 bits per heavy atom. The number of carbonyl (C=O) groups is 3. The van der Waals surface area contributed by atoms with Gasteiger partial charge in [0.2, 0.25) is 0 Å². The molecule has 83 heavy (non-hydrogen) atoms. The molecule has 0 aliphatic rings. The first-order chi connectivity index (χ1) is 41.0. The van der Waals surface area contributed by atoms with E-state index in [0.717, 1.165) is 89.9 Å². The molecule has 480 valence electrons. The number of esters is 3. The van der Waals surface area contributed by atoms with Crippen molar-refractivity contribution < 1.29 is 28.6 Å².